The maximum Gasteiger partial charge on any atom is 0.241 e. The number of pyridine rings is 1. The van der Waals surface area contributed by atoms with Gasteiger partial charge in [0, 0.05) is 18.0 Å². The van der Waals surface area contributed by atoms with E-state index in [1.165, 1.54) is 0 Å². The van der Waals surface area contributed by atoms with E-state index in [0.29, 0.717) is 11.6 Å². The predicted octanol–water partition coefficient (Wildman–Crippen LogP) is 0.781. The molecule has 1 aliphatic heterocycles. The predicted molar refractivity (Wildman–Crippen MR) is 60.4 cm³/mol. The number of carbonyl (C=O) groups is 1. The molecule has 2 N–H and O–H groups in total. The molecule has 0 radical (unpaired) electrons. The summed E-state index contributed by atoms with van der Waals surface area (Å²) < 4.78 is 4.98. The molecule has 1 aromatic rings. The smallest absolute Gasteiger partial charge is 0.241 e. The second-order valence-corrected chi connectivity index (χ2v) is 3.73. The molecule has 5 heteroatoms. The van der Waals surface area contributed by atoms with Gasteiger partial charge in [-0.1, -0.05) is 0 Å². The van der Waals surface area contributed by atoms with Crippen LogP contribution in [0.25, 0.3) is 0 Å². The van der Waals surface area contributed by atoms with Gasteiger partial charge in [0.15, 0.2) is 0 Å². The van der Waals surface area contributed by atoms with E-state index < -0.39 is 0 Å². The second-order valence-electron chi connectivity index (χ2n) is 3.73. The van der Waals surface area contributed by atoms with Crippen LogP contribution in [0, 0.1) is 0 Å². The number of nitrogens with zero attached hydrogens (tertiary/aromatic N) is 1. The van der Waals surface area contributed by atoms with Crippen molar-refractivity contribution in [2.24, 2.45) is 0 Å². The van der Waals surface area contributed by atoms with Crippen molar-refractivity contribution < 1.29 is 9.53 Å². The van der Waals surface area contributed by atoms with E-state index in [0.717, 1.165) is 19.4 Å². The molecule has 1 unspecified atom stereocenters. The summed E-state index contributed by atoms with van der Waals surface area (Å²) in [7, 11) is 1.55. The monoisotopic (exact) mass is 221 g/mol. The molecule has 86 valence electrons. The molecule has 1 aliphatic rings. The van der Waals surface area contributed by atoms with Crippen LogP contribution < -0.4 is 15.4 Å². The highest BCUT2D eigenvalue weighted by Gasteiger charge is 2.21. The molecule has 0 aliphatic carbocycles. The Bertz CT molecular complexity index is 375. The van der Waals surface area contributed by atoms with Crippen molar-refractivity contribution in [3.05, 3.63) is 18.3 Å². The van der Waals surface area contributed by atoms with E-state index >= 15 is 0 Å². The van der Waals surface area contributed by atoms with Crippen LogP contribution in [0.5, 0.6) is 5.88 Å². The average Bonchev–Trinajstić information content (AvgIpc) is 2.83. The van der Waals surface area contributed by atoms with Crippen molar-refractivity contribution in [1.29, 1.82) is 0 Å². The lowest BCUT2D eigenvalue weighted by Crippen LogP contribution is -2.35. The summed E-state index contributed by atoms with van der Waals surface area (Å²) in [4.78, 5) is 15.8. The van der Waals surface area contributed by atoms with E-state index in [-0.39, 0.29) is 11.9 Å². The van der Waals surface area contributed by atoms with Gasteiger partial charge in [0.1, 0.15) is 0 Å². The van der Waals surface area contributed by atoms with Gasteiger partial charge in [-0.25, -0.2) is 4.98 Å². The zero-order valence-corrected chi connectivity index (χ0v) is 9.19. The van der Waals surface area contributed by atoms with E-state index in [9.17, 15) is 4.79 Å². The Balaban J connectivity index is 1.99. The summed E-state index contributed by atoms with van der Waals surface area (Å²) in [5.74, 6) is 0.503. The van der Waals surface area contributed by atoms with Crippen molar-refractivity contribution in [2.75, 3.05) is 19.0 Å². The molecule has 1 saturated heterocycles. The number of amides is 1. The Morgan fingerprint density at radius 3 is 3.25 bits per heavy atom. The number of hydrogen-bond acceptors (Lipinski definition) is 4. The summed E-state index contributed by atoms with van der Waals surface area (Å²) in [6.45, 7) is 0.914. The molecule has 0 saturated carbocycles. The number of aromatic nitrogens is 1. The Morgan fingerprint density at radius 2 is 2.56 bits per heavy atom. The van der Waals surface area contributed by atoms with Crippen LogP contribution in [0.1, 0.15) is 12.8 Å². The highest BCUT2D eigenvalue weighted by molar-refractivity contribution is 5.95. The van der Waals surface area contributed by atoms with Gasteiger partial charge >= 0.3 is 0 Å². The number of rotatable bonds is 3. The van der Waals surface area contributed by atoms with Gasteiger partial charge in [-0.3, -0.25) is 4.79 Å². The first-order chi connectivity index (χ1) is 7.79. The van der Waals surface area contributed by atoms with Gasteiger partial charge in [-0.2, -0.15) is 0 Å². The molecule has 1 aromatic heterocycles. The molecule has 0 spiro atoms. The molecule has 2 rings (SSSR count). The minimum absolute atomic E-state index is 0.00533. The molecule has 0 bridgehead atoms. The number of ether oxygens (including phenoxy) is 1. The third-order valence-electron chi connectivity index (χ3n) is 2.59. The van der Waals surface area contributed by atoms with Crippen LogP contribution in [-0.2, 0) is 4.79 Å². The molecule has 1 atom stereocenters. The van der Waals surface area contributed by atoms with Crippen molar-refractivity contribution in [3.8, 4) is 5.88 Å². The van der Waals surface area contributed by atoms with E-state index in [2.05, 4.69) is 15.6 Å². The highest BCUT2D eigenvalue weighted by atomic mass is 16.5. The lowest BCUT2D eigenvalue weighted by molar-refractivity contribution is -0.117. The quantitative estimate of drug-likeness (QED) is 0.791. The molecular weight excluding hydrogens is 206 g/mol. The first-order valence-corrected chi connectivity index (χ1v) is 5.34. The molecule has 16 heavy (non-hydrogen) atoms. The van der Waals surface area contributed by atoms with Crippen LogP contribution in [0.2, 0.25) is 0 Å². The number of carbonyl (C=O) groups excluding carboxylic acids is 1. The van der Waals surface area contributed by atoms with Crippen molar-refractivity contribution >= 4 is 11.6 Å². The van der Waals surface area contributed by atoms with Crippen LogP contribution in [0.4, 0.5) is 5.69 Å². The molecule has 1 amide bonds. The number of anilines is 1. The molecule has 5 nitrogen and oxygen atoms in total. The summed E-state index contributed by atoms with van der Waals surface area (Å²) >= 11 is 0. The molecule has 1 fully saturated rings. The maximum absolute atomic E-state index is 11.8. The van der Waals surface area contributed by atoms with Crippen LogP contribution in [0.15, 0.2) is 18.3 Å². The van der Waals surface area contributed by atoms with E-state index in [1.807, 2.05) is 0 Å². The van der Waals surface area contributed by atoms with Crippen molar-refractivity contribution in [1.82, 2.24) is 10.3 Å². The summed E-state index contributed by atoms with van der Waals surface area (Å²) in [5.41, 5.74) is 0.713. The van der Waals surface area contributed by atoms with Gasteiger partial charge in [-0.05, 0) is 25.5 Å². The number of nitrogens with one attached hydrogen (secondary N) is 2. The second kappa shape index (κ2) is 4.94. The molecule has 0 aromatic carbocycles. The third kappa shape index (κ3) is 2.49. The Morgan fingerprint density at radius 1 is 1.69 bits per heavy atom. The maximum atomic E-state index is 11.8. The standard InChI is InChI=1S/C11H15N3O2/c1-16-10-7-8(4-6-13-10)14-11(15)9-3-2-5-12-9/h4,6-7,9,12H,2-3,5H2,1H3,(H,13,14,15). The van der Waals surface area contributed by atoms with Gasteiger partial charge in [0.25, 0.3) is 0 Å². The topological polar surface area (TPSA) is 63.2 Å². The highest BCUT2D eigenvalue weighted by Crippen LogP contribution is 2.15. The summed E-state index contributed by atoms with van der Waals surface area (Å²) in [6.07, 6.45) is 3.56. The molecular formula is C11H15N3O2. The normalized spacial score (nSPS) is 19.4. The minimum Gasteiger partial charge on any atom is -0.481 e. The number of hydrogen-bond donors (Lipinski definition) is 2. The molecule has 2 heterocycles. The van der Waals surface area contributed by atoms with Gasteiger partial charge in [0.05, 0.1) is 13.2 Å². The Labute approximate surface area is 94.2 Å². The third-order valence-corrected chi connectivity index (χ3v) is 2.59. The van der Waals surface area contributed by atoms with Crippen LogP contribution in [-0.4, -0.2) is 30.6 Å². The van der Waals surface area contributed by atoms with E-state index in [1.54, 1.807) is 25.4 Å². The summed E-state index contributed by atoms with van der Waals surface area (Å²) in [5, 5.41) is 5.98. The number of methoxy groups -OCH3 is 1. The Hall–Kier alpha value is -1.62. The summed E-state index contributed by atoms with van der Waals surface area (Å²) in [6, 6.07) is 3.38. The van der Waals surface area contributed by atoms with E-state index in [4.69, 9.17) is 4.74 Å². The zero-order chi connectivity index (χ0) is 11.4. The minimum atomic E-state index is -0.0702. The first kappa shape index (κ1) is 10.9. The lowest BCUT2D eigenvalue weighted by Gasteiger charge is -2.11. The van der Waals surface area contributed by atoms with Gasteiger partial charge in [-0.15, -0.1) is 0 Å². The fourth-order valence-electron chi connectivity index (χ4n) is 1.74. The zero-order valence-electron chi connectivity index (χ0n) is 9.19. The lowest BCUT2D eigenvalue weighted by atomic mass is 10.2. The average molecular weight is 221 g/mol. The first-order valence-electron chi connectivity index (χ1n) is 5.34. The van der Waals surface area contributed by atoms with Crippen molar-refractivity contribution in [2.45, 2.75) is 18.9 Å². The van der Waals surface area contributed by atoms with Gasteiger partial charge in [0.2, 0.25) is 11.8 Å². The fourth-order valence-corrected chi connectivity index (χ4v) is 1.74. The van der Waals surface area contributed by atoms with Crippen LogP contribution in [0.3, 0.4) is 0 Å². The Kier molecular flexibility index (Phi) is 3.36. The largest absolute Gasteiger partial charge is 0.481 e. The SMILES string of the molecule is COc1cc(NC(=O)C2CCCN2)ccn1. The van der Waals surface area contributed by atoms with Gasteiger partial charge < -0.3 is 15.4 Å². The van der Waals surface area contributed by atoms with Crippen molar-refractivity contribution in [3.63, 3.8) is 0 Å². The van der Waals surface area contributed by atoms with Crippen LogP contribution >= 0.6 is 0 Å². The fraction of sp³-hybridized carbons (Fsp3) is 0.455.